The van der Waals surface area contributed by atoms with E-state index >= 15 is 0 Å². The predicted octanol–water partition coefficient (Wildman–Crippen LogP) is 2.15. The minimum atomic E-state index is 0.143. The van der Waals surface area contributed by atoms with Gasteiger partial charge in [-0.3, -0.25) is 9.59 Å². The van der Waals surface area contributed by atoms with E-state index in [4.69, 9.17) is 4.74 Å². The number of nitrogens with zero attached hydrogens (tertiary/aromatic N) is 4. The molecule has 0 aromatic carbocycles. The molecule has 0 radical (unpaired) electrons. The van der Waals surface area contributed by atoms with Crippen LogP contribution in [0.2, 0.25) is 0 Å². The van der Waals surface area contributed by atoms with Gasteiger partial charge in [0.05, 0.1) is 0 Å². The third kappa shape index (κ3) is 4.69. The second kappa shape index (κ2) is 8.87. The summed E-state index contributed by atoms with van der Waals surface area (Å²) in [4.78, 5) is 32.5. The third-order valence-corrected chi connectivity index (χ3v) is 6.04. The fourth-order valence-corrected chi connectivity index (χ4v) is 4.43. The van der Waals surface area contributed by atoms with Crippen LogP contribution in [0.25, 0.3) is 0 Å². The molecule has 2 aliphatic heterocycles. The molecule has 1 aromatic rings. The van der Waals surface area contributed by atoms with Crippen molar-refractivity contribution in [3.05, 3.63) is 17.7 Å². The Labute approximate surface area is 161 Å². The number of hydrogen-bond acceptors (Lipinski definition) is 4. The number of carbonyl (C=O) groups excluding carboxylic acids is 2. The smallest absolute Gasteiger partial charge is 0.222 e. The van der Waals surface area contributed by atoms with E-state index in [2.05, 4.69) is 16.5 Å². The first-order chi connectivity index (χ1) is 13.0. The van der Waals surface area contributed by atoms with E-state index in [0.717, 1.165) is 63.4 Å². The van der Waals surface area contributed by atoms with Gasteiger partial charge < -0.3 is 19.1 Å². The molecule has 7 nitrogen and oxygen atoms in total. The van der Waals surface area contributed by atoms with Gasteiger partial charge in [-0.1, -0.05) is 0 Å². The Morgan fingerprint density at radius 2 is 1.74 bits per heavy atom. The van der Waals surface area contributed by atoms with Gasteiger partial charge in [0.2, 0.25) is 11.8 Å². The van der Waals surface area contributed by atoms with Crippen LogP contribution in [-0.2, 0) is 20.9 Å². The van der Waals surface area contributed by atoms with Gasteiger partial charge in [-0.05, 0) is 38.5 Å². The highest BCUT2D eigenvalue weighted by Crippen LogP contribution is 2.28. The fourth-order valence-electron chi connectivity index (χ4n) is 4.43. The summed E-state index contributed by atoms with van der Waals surface area (Å²) in [6.07, 6.45) is 6.33. The molecule has 7 heteroatoms. The molecule has 0 bridgehead atoms. The molecule has 2 aliphatic rings. The minimum Gasteiger partial charge on any atom is -0.377 e. The van der Waals surface area contributed by atoms with Crippen LogP contribution in [0, 0.1) is 12.8 Å². The lowest BCUT2D eigenvalue weighted by Gasteiger charge is -2.36. The second-order valence-electron chi connectivity index (χ2n) is 7.88. The Balaban J connectivity index is 1.49. The van der Waals surface area contributed by atoms with Crippen molar-refractivity contribution in [2.24, 2.45) is 5.92 Å². The lowest BCUT2D eigenvalue weighted by molar-refractivity contribution is -0.134. The molecule has 0 atom stereocenters. The zero-order valence-corrected chi connectivity index (χ0v) is 16.8. The summed E-state index contributed by atoms with van der Waals surface area (Å²) < 4.78 is 7.55. The van der Waals surface area contributed by atoms with E-state index in [0.29, 0.717) is 25.0 Å². The van der Waals surface area contributed by atoms with Crippen molar-refractivity contribution in [2.45, 2.75) is 58.6 Å². The van der Waals surface area contributed by atoms with Gasteiger partial charge in [0.15, 0.2) is 0 Å². The summed E-state index contributed by atoms with van der Waals surface area (Å²) in [7, 11) is 1.69. The molecule has 3 rings (SSSR count). The second-order valence-corrected chi connectivity index (χ2v) is 7.88. The van der Waals surface area contributed by atoms with Gasteiger partial charge >= 0.3 is 0 Å². The van der Waals surface area contributed by atoms with E-state index in [-0.39, 0.29) is 11.8 Å². The number of ether oxygens (including phenoxy) is 1. The van der Waals surface area contributed by atoms with Crippen LogP contribution in [0.5, 0.6) is 0 Å². The highest BCUT2D eigenvalue weighted by Gasteiger charge is 2.29. The number of aromatic nitrogens is 2. The fraction of sp³-hybridized carbons (Fsp3) is 0.750. The number of carbonyl (C=O) groups is 2. The number of piperidine rings is 2. The number of likely N-dealkylation sites (tertiary alicyclic amines) is 2. The first-order valence-corrected chi connectivity index (χ1v) is 10.0. The monoisotopic (exact) mass is 376 g/mol. The van der Waals surface area contributed by atoms with Crippen LogP contribution in [0.4, 0.5) is 0 Å². The standard InChI is InChI=1S/C20H32N4O3/c1-15-13-21-19(14-27-3)24(15)18-6-10-23(11-7-18)20(26)12-17-4-8-22(9-5-17)16(2)25/h13,17-18H,4-12,14H2,1-3H3. The average Bonchev–Trinajstić information content (AvgIpc) is 3.03. The molecule has 2 fully saturated rings. The van der Waals surface area contributed by atoms with Crippen LogP contribution in [0.15, 0.2) is 6.20 Å². The zero-order chi connectivity index (χ0) is 19.4. The van der Waals surface area contributed by atoms with Gasteiger partial charge in [0.25, 0.3) is 0 Å². The maximum atomic E-state index is 12.7. The summed E-state index contributed by atoms with van der Waals surface area (Å²) in [5, 5.41) is 0. The van der Waals surface area contributed by atoms with Crippen molar-refractivity contribution in [1.29, 1.82) is 0 Å². The molecule has 0 unspecified atom stereocenters. The van der Waals surface area contributed by atoms with Gasteiger partial charge in [-0.15, -0.1) is 0 Å². The summed E-state index contributed by atoms with van der Waals surface area (Å²) in [5.74, 6) is 1.80. The van der Waals surface area contributed by atoms with E-state index in [1.807, 2.05) is 16.0 Å². The van der Waals surface area contributed by atoms with Crippen molar-refractivity contribution in [3.8, 4) is 0 Å². The number of rotatable bonds is 5. The molecule has 2 amide bonds. The molecule has 3 heterocycles. The largest absolute Gasteiger partial charge is 0.377 e. The first kappa shape index (κ1) is 19.9. The van der Waals surface area contributed by atoms with Crippen molar-refractivity contribution in [1.82, 2.24) is 19.4 Å². The van der Waals surface area contributed by atoms with Crippen LogP contribution >= 0.6 is 0 Å². The number of methoxy groups -OCH3 is 1. The van der Waals surface area contributed by atoms with E-state index in [1.165, 1.54) is 0 Å². The molecule has 0 N–H and O–H groups in total. The van der Waals surface area contributed by atoms with Crippen LogP contribution in [-0.4, -0.2) is 64.5 Å². The minimum absolute atomic E-state index is 0.143. The SMILES string of the molecule is COCc1ncc(C)n1C1CCN(C(=O)CC2CCN(C(C)=O)CC2)CC1. The lowest BCUT2D eigenvalue weighted by Crippen LogP contribution is -2.42. The Kier molecular flexibility index (Phi) is 6.52. The highest BCUT2D eigenvalue weighted by atomic mass is 16.5. The van der Waals surface area contributed by atoms with Crippen molar-refractivity contribution in [3.63, 3.8) is 0 Å². The van der Waals surface area contributed by atoms with E-state index in [1.54, 1.807) is 14.0 Å². The molecule has 150 valence electrons. The summed E-state index contributed by atoms with van der Waals surface area (Å²) >= 11 is 0. The van der Waals surface area contributed by atoms with Gasteiger partial charge in [-0.2, -0.15) is 0 Å². The Bertz CT molecular complexity index is 656. The summed E-state index contributed by atoms with van der Waals surface area (Å²) in [5.41, 5.74) is 1.16. The zero-order valence-electron chi connectivity index (χ0n) is 16.8. The van der Waals surface area contributed by atoms with Gasteiger partial charge in [0, 0.05) is 64.6 Å². The highest BCUT2D eigenvalue weighted by molar-refractivity contribution is 5.76. The van der Waals surface area contributed by atoms with E-state index in [9.17, 15) is 9.59 Å². The molecule has 2 saturated heterocycles. The predicted molar refractivity (Wildman–Crippen MR) is 102 cm³/mol. The molecule has 0 saturated carbocycles. The quantitative estimate of drug-likeness (QED) is 0.790. The Morgan fingerprint density at radius 3 is 2.33 bits per heavy atom. The van der Waals surface area contributed by atoms with Crippen molar-refractivity contribution in [2.75, 3.05) is 33.3 Å². The first-order valence-electron chi connectivity index (χ1n) is 10.0. The number of amides is 2. The number of imidazole rings is 1. The summed E-state index contributed by atoms with van der Waals surface area (Å²) in [6.45, 7) is 7.41. The molecular formula is C20H32N4O3. The van der Waals surface area contributed by atoms with Crippen LogP contribution in [0.3, 0.4) is 0 Å². The topological polar surface area (TPSA) is 67.7 Å². The van der Waals surface area contributed by atoms with Crippen LogP contribution < -0.4 is 0 Å². The average molecular weight is 377 g/mol. The molecule has 27 heavy (non-hydrogen) atoms. The maximum absolute atomic E-state index is 12.7. The van der Waals surface area contributed by atoms with Crippen LogP contribution in [0.1, 0.15) is 56.6 Å². The van der Waals surface area contributed by atoms with Gasteiger partial charge in [0.1, 0.15) is 12.4 Å². The van der Waals surface area contributed by atoms with Crippen molar-refractivity contribution < 1.29 is 14.3 Å². The van der Waals surface area contributed by atoms with Crippen molar-refractivity contribution >= 4 is 11.8 Å². The number of aryl methyl sites for hydroxylation is 1. The van der Waals surface area contributed by atoms with Gasteiger partial charge in [-0.25, -0.2) is 4.98 Å². The molecule has 1 aromatic heterocycles. The van der Waals surface area contributed by atoms with E-state index < -0.39 is 0 Å². The Hall–Kier alpha value is -1.89. The maximum Gasteiger partial charge on any atom is 0.222 e. The molecule has 0 spiro atoms. The Morgan fingerprint density at radius 1 is 1.11 bits per heavy atom. The normalized spacial score (nSPS) is 19.5. The lowest BCUT2D eigenvalue weighted by atomic mass is 9.92. The summed E-state index contributed by atoms with van der Waals surface area (Å²) in [6, 6.07) is 0.389. The number of hydrogen-bond donors (Lipinski definition) is 0. The third-order valence-electron chi connectivity index (χ3n) is 6.04. The molecular weight excluding hydrogens is 344 g/mol. The molecule has 0 aliphatic carbocycles.